The molecule has 0 aliphatic carbocycles. The van der Waals surface area contributed by atoms with Crippen LogP contribution in [0.25, 0.3) is 11.1 Å². The van der Waals surface area contributed by atoms with Crippen molar-refractivity contribution in [2.45, 2.75) is 18.3 Å². The molecule has 27 heavy (non-hydrogen) atoms. The van der Waals surface area contributed by atoms with Crippen molar-refractivity contribution in [1.82, 2.24) is 4.31 Å². The van der Waals surface area contributed by atoms with Crippen LogP contribution in [0.2, 0.25) is 0 Å². The Morgan fingerprint density at radius 3 is 2.67 bits per heavy atom. The number of hydrogen-bond acceptors (Lipinski definition) is 7. The number of aliphatic hydroxyl groups excluding tert-OH is 1. The maximum Gasteiger partial charge on any atom is 0.341 e. The lowest BCUT2D eigenvalue weighted by Gasteiger charge is -2.19. The van der Waals surface area contributed by atoms with E-state index in [0.717, 1.165) is 0 Å². The monoisotopic (exact) mass is 395 g/mol. The van der Waals surface area contributed by atoms with E-state index in [-0.39, 0.29) is 30.0 Å². The van der Waals surface area contributed by atoms with E-state index >= 15 is 0 Å². The lowest BCUT2D eigenvalue weighted by atomic mass is 9.99. The summed E-state index contributed by atoms with van der Waals surface area (Å²) in [5.41, 5.74) is 1.60. The number of carbonyl (C=O) groups excluding carboxylic acids is 1. The number of methoxy groups -OCH3 is 2. The number of benzene rings is 1. The fourth-order valence-corrected chi connectivity index (χ4v) is 4.78. The van der Waals surface area contributed by atoms with E-state index in [9.17, 15) is 18.3 Å². The van der Waals surface area contributed by atoms with E-state index in [2.05, 4.69) is 0 Å². The third kappa shape index (κ3) is 3.85. The average molecular weight is 395 g/mol. The summed E-state index contributed by atoms with van der Waals surface area (Å²) >= 11 is 0. The predicted molar refractivity (Wildman–Crippen MR) is 96.9 cm³/mol. The lowest BCUT2D eigenvalue weighted by Crippen LogP contribution is -2.31. The predicted octanol–water partition coefficient (Wildman–Crippen LogP) is 1.64. The van der Waals surface area contributed by atoms with Crippen molar-refractivity contribution in [3.05, 3.63) is 41.9 Å². The van der Waals surface area contributed by atoms with Crippen LogP contribution in [0, 0.1) is 0 Å². The summed E-state index contributed by atoms with van der Waals surface area (Å²) in [7, 11) is -1.08. The van der Waals surface area contributed by atoms with E-state index < -0.39 is 27.8 Å². The van der Waals surface area contributed by atoms with E-state index in [1.165, 1.54) is 31.1 Å². The zero-order chi connectivity index (χ0) is 19.6. The van der Waals surface area contributed by atoms with Crippen molar-refractivity contribution in [3.63, 3.8) is 0 Å². The minimum Gasteiger partial charge on any atom is -0.495 e. The first-order valence-electron chi connectivity index (χ1n) is 8.34. The number of ether oxygens (including phenoxy) is 2. The highest BCUT2D eigenvalue weighted by Crippen LogP contribution is 2.37. The van der Waals surface area contributed by atoms with Gasteiger partial charge in [-0.2, -0.15) is 4.31 Å². The molecule has 9 heteroatoms. The number of hydrogen-bond donors (Lipinski definition) is 1. The Morgan fingerprint density at radius 1 is 1.33 bits per heavy atom. The molecule has 146 valence electrons. The number of nitrogens with zero attached hydrogens (tertiary/aromatic N) is 1. The molecule has 0 amide bonds. The Bertz CT molecular complexity index is 921. The van der Waals surface area contributed by atoms with E-state index in [4.69, 9.17) is 13.9 Å². The summed E-state index contributed by atoms with van der Waals surface area (Å²) in [5, 5.41) is 9.62. The molecule has 8 nitrogen and oxygen atoms in total. The second-order valence-electron chi connectivity index (χ2n) is 6.24. The Morgan fingerprint density at radius 2 is 2.11 bits per heavy atom. The van der Waals surface area contributed by atoms with Crippen molar-refractivity contribution >= 4 is 16.0 Å². The SMILES string of the molecule is COC(=O)c1c(CS(=O)(=O)N2CCC(O)C2)ccc(-c2ccoc2)c1OC. The highest BCUT2D eigenvalue weighted by molar-refractivity contribution is 7.88. The second-order valence-corrected chi connectivity index (χ2v) is 8.21. The average Bonchev–Trinajstić information content (AvgIpc) is 3.32. The standard InChI is InChI=1S/C18H21NO7S/c1-24-17-15(12-6-8-26-10-12)4-3-13(16(17)18(21)25-2)11-27(22,23)19-7-5-14(20)9-19/h3-4,6,8,10,14,20H,5,7,9,11H2,1-2H3. The third-order valence-corrected chi connectivity index (χ3v) is 6.32. The normalized spacial score (nSPS) is 17.8. The molecule has 0 saturated carbocycles. The van der Waals surface area contributed by atoms with Crippen LogP contribution in [0.5, 0.6) is 5.75 Å². The van der Waals surface area contributed by atoms with Crippen molar-refractivity contribution in [1.29, 1.82) is 0 Å². The van der Waals surface area contributed by atoms with Gasteiger partial charge in [0.25, 0.3) is 0 Å². The highest BCUT2D eigenvalue weighted by Gasteiger charge is 2.32. The van der Waals surface area contributed by atoms with E-state index in [0.29, 0.717) is 17.5 Å². The number of furan rings is 1. The van der Waals surface area contributed by atoms with Gasteiger partial charge >= 0.3 is 5.97 Å². The zero-order valence-corrected chi connectivity index (χ0v) is 15.9. The second kappa shape index (κ2) is 7.71. The molecule has 2 heterocycles. The van der Waals surface area contributed by atoms with Gasteiger partial charge in [0.15, 0.2) is 0 Å². The molecule has 3 rings (SSSR count). The topological polar surface area (TPSA) is 106 Å². The largest absolute Gasteiger partial charge is 0.495 e. The number of rotatable bonds is 6. The molecule has 1 aliphatic heterocycles. The molecule has 1 unspecified atom stereocenters. The minimum absolute atomic E-state index is 0.0557. The van der Waals surface area contributed by atoms with Crippen LogP contribution >= 0.6 is 0 Å². The van der Waals surface area contributed by atoms with E-state index in [1.54, 1.807) is 18.2 Å². The maximum atomic E-state index is 12.7. The first kappa shape index (κ1) is 19.4. The molecule has 1 N–H and O–H groups in total. The van der Waals surface area contributed by atoms with E-state index in [1.807, 2.05) is 0 Å². The van der Waals surface area contributed by atoms with Gasteiger partial charge in [0, 0.05) is 24.2 Å². The quantitative estimate of drug-likeness (QED) is 0.741. The van der Waals surface area contributed by atoms with Crippen LogP contribution in [0.15, 0.2) is 35.1 Å². The molecule has 0 bridgehead atoms. The number of esters is 1. The number of sulfonamides is 1. The van der Waals surface area contributed by atoms with Crippen LogP contribution in [-0.4, -0.2) is 57.2 Å². The molecule has 1 atom stereocenters. The van der Waals surface area contributed by atoms with Gasteiger partial charge in [0.05, 0.1) is 38.6 Å². The highest BCUT2D eigenvalue weighted by atomic mass is 32.2. The summed E-state index contributed by atoms with van der Waals surface area (Å²) in [6, 6.07) is 4.96. The molecule has 1 aromatic carbocycles. The number of carbonyl (C=O) groups is 1. The molecular weight excluding hydrogens is 374 g/mol. The first-order chi connectivity index (χ1) is 12.9. The van der Waals surface area contributed by atoms with Crippen LogP contribution in [-0.2, 0) is 20.5 Å². The van der Waals surface area contributed by atoms with Crippen molar-refractivity contribution in [2.24, 2.45) is 0 Å². The number of β-amino-alcohol motifs (C(OH)–C–C–N with tert-alkyl or cyclic N) is 1. The molecule has 2 aromatic rings. The van der Waals surface area contributed by atoms with Gasteiger partial charge in [0.2, 0.25) is 10.0 Å². The van der Waals surface area contributed by atoms with Gasteiger partial charge in [-0.25, -0.2) is 13.2 Å². The Kier molecular flexibility index (Phi) is 5.54. The van der Waals surface area contributed by atoms with Crippen molar-refractivity contribution in [3.8, 4) is 16.9 Å². The van der Waals surface area contributed by atoms with Crippen LogP contribution in [0.3, 0.4) is 0 Å². The summed E-state index contributed by atoms with van der Waals surface area (Å²) in [6.07, 6.45) is 2.72. The van der Waals surface area contributed by atoms with Gasteiger partial charge in [0.1, 0.15) is 11.3 Å². The Hall–Kier alpha value is -2.36. The Balaban J connectivity index is 2.06. The maximum absolute atomic E-state index is 12.7. The zero-order valence-electron chi connectivity index (χ0n) is 15.0. The fraction of sp³-hybridized carbons (Fsp3) is 0.389. The summed E-state index contributed by atoms with van der Waals surface area (Å²) < 4.78 is 42.1. The molecular formula is C18H21NO7S. The van der Waals surface area contributed by atoms with Gasteiger partial charge in [-0.3, -0.25) is 0 Å². The molecule has 1 fully saturated rings. The smallest absolute Gasteiger partial charge is 0.341 e. The van der Waals surface area contributed by atoms with Crippen LogP contribution in [0.1, 0.15) is 22.3 Å². The van der Waals surface area contributed by atoms with Crippen molar-refractivity contribution < 1.29 is 32.2 Å². The third-order valence-electron chi connectivity index (χ3n) is 4.53. The number of aliphatic hydroxyl groups is 1. The first-order valence-corrected chi connectivity index (χ1v) is 9.95. The summed E-state index contributed by atoms with van der Waals surface area (Å²) in [5.74, 6) is -0.868. The van der Waals surface area contributed by atoms with Gasteiger partial charge in [-0.15, -0.1) is 0 Å². The minimum atomic E-state index is -3.71. The van der Waals surface area contributed by atoms with Crippen LogP contribution in [0.4, 0.5) is 0 Å². The van der Waals surface area contributed by atoms with Gasteiger partial charge in [-0.05, 0) is 18.1 Å². The molecule has 1 saturated heterocycles. The molecule has 1 aliphatic rings. The molecule has 1 aromatic heterocycles. The van der Waals surface area contributed by atoms with Gasteiger partial charge < -0.3 is 19.0 Å². The van der Waals surface area contributed by atoms with Crippen LogP contribution < -0.4 is 4.74 Å². The van der Waals surface area contributed by atoms with Crippen molar-refractivity contribution in [2.75, 3.05) is 27.3 Å². The summed E-state index contributed by atoms with van der Waals surface area (Å²) in [4.78, 5) is 12.4. The molecule has 0 spiro atoms. The molecule has 0 radical (unpaired) electrons. The fourth-order valence-electron chi connectivity index (χ4n) is 3.18. The lowest BCUT2D eigenvalue weighted by molar-refractivity contribution is 0.0596. The summed E-state index contributed by atoms with van der Waals surface area (Å²) in [6.45, 7) is 0.307. The Labute approximate surface area is 157 Å². The van der Waals surface area contributed by atoms with Gasteiger partial charge in [-0.1, -0.05) is 12.1 Å².